The van der Waals surface area contributed by atoms with Gasteiger partial charge >= 0.3 is 17.9 Å². The van der Waals surface area contributed by atoms with Crippen molar-refractivity contribution in [3.63, 3.8) is 0 Å². The van der Waals surface area contributed by atoms with Gasteiger partial charge in [0.2, 0.25) is 47.3 Å². The van der Waals surface area contributed by atoms with Gasteiger partial charge in [-0.2, -0.15) is 0 Å². The summed E-state index contributed by atoms with van der Waals surface area (Å²) in [5.41, 5.74) is 22.2. The minimum absolute atomic E-state index is 0.0197. The number of H-pyrrole nitrogens is 1. The van der Waals surface area contributed by atoms with Gasteiger partial charge in [-0.05, 0) is 38.0 Å². The van der Waals surface area contributed by atoms with E-state index in [9.17, 15) is 73.2 Å². The lowest BCUT2D eigenvalue weighted by Crippen LogP contribution is -2.59. The predicted octanol–water partition coefficient (Wildman–Crippen LogP) is -6.91. The molecule has 1 aromatic heterocycles. The molecule has 1 aromatic rings. The summed E-state index contributed by atoms with van der Waals surface area (Å²) >= 11 is 0. The van der Waals surface area contributed by atoms with Gasteiger partial charge in [-0.3, -0.25) is 52.9 Å². The van der Waals surface area contributed by atoms with Crippen LogP contribution in [0.3, 0.4) is 0 Å². The maximum Gasteiger partial charge on any atom is 0.326 e. The number of primary amides is 1. The molecule has 0 unspecified atom stereocenters. The number of guanidine groups is 1. The van der Waals surface area contributed by atoms with E-state index in [1.54, 1.807) is 13.8 Å². The smallest absolute Gasteiger partial charge is 0.326 e. The summed E-state index contributed by atoms with van der Waals surface area (Å²) in [6, 6.07) is -11.1. The first-order chi connectivity index (χ1) is 30.9. The van der Waals surface area contributed by atoms with Gasteiger partial charge in [-0.25, -0.2) is 9.78 Å². The van der Waals surface area contributed by atoms with E-state index in [-0.39, 0.29) is 56.9 Å². The molecule has 0 aliphatic rings. The van der Waals surface area contributed by atoms with Crippen molar-refractivity contribution in [1.29, 1.82) is 0 Å². The summed E-state index contributed by atoms with van der Waals surface area (Å²) in [7, 11) is 0. The highest BCUT2D eigenvalue weighted by Crippen LogP contribution is 2.09. The number of nitrogens with two attached hydrogens (primary N) is 4. The molecule has 66 heavy (non-hydrogen) atoms. The van der Waals surface area contributed by atoms with Gasteiger partial charge in [-0.15, -0.1) is 0 Å². The zero-order chi connectivity index (χ0) is 50.1. The van der Waals surface area contributed by atoms with Crippen molar-refractivity contribution >= 4 is 71.1 Å². The molecule has 1 rings (SSSR count). The number of amides is 8. The first kappa shape index (κ1) is 56.6. The molecule has 368 valence electrons. The van der Waals surface area contributed by atoms with Crippen LogP contribution in [-0.2, 0) is 59.2 Å². The highest BCUT2D eigenvalue weighted by molar-refractivity contribution is 5.98. The Balaban J connectivity index is 3.31. The van der Waals surface area contributed by atoms with Crippen LogP contribution in [0.5, 0.6) is 0 Å². The second-order valence-electron chi connectivity index (χ2n) is 15.2. The molecule has 8 amide bonds. The van der Waals surface area contributed by atoms with Crippen LogP contribution < -0.4 is 60.2 Å². The van der Waals surface area contributed by atoms with Crippen molar-refractivity contribution in [3.05, 3.63) is 18.2 Å². The third-order valence-corrected chi connectivity index (χ3v) is 9.10. The SMILES string of the molecule is CC(C)C[C@H](NC(=O)[C@H](CO)NC(=O)CNC(=O)[C@H](CC(=O)O)NC(=O)[C@H](CCC(=O)O)NC(=O)[C@H](CCCN=C(N)N)NC(=O)[C@H](Cc1cnc[nH]1)NC(=O)[C@@H](N)CCC(N)=O)C(=O)O. The number of hydrogen-bond donors (Lipinski definition) is 16. The number of aliphatic hydroxyl groups excluding tert-OH is 1. The molecular formula is C37H60N14O15. The Morgan fingerprint density at radius 2 is 1.24 bits per heavy atom. The third kappa shape index (κ3) is 22.8. The molecule has 0 aliphatic carbocycles. The summed E-state index contributed by atoms with van der Waals surface area (Å²) < 4.78 is 0. The third-order valence-electron chi connectivity index (χ3n) is 9.10. The van der Waals surface area contributed by atoms with E-state index >= 15 is 0 Å². The van der Waals surface area contributed by atoms with Crippen LogP contribution >= 0.6 is 0 Å². The van der Waals surface area contributed by atoms with E-state index in [0.717, 1.165) is 0 Å². The van der Waals surface area contributed by atoms with E-state index in [1.165, 1.54) is 12.5 Å². The number of carbonyl (C=O) groups excluding carboxylic acids is 8. The summed E-state index contributed by atoms with van der Waals surface area (Å²) in [4.78, 5) is 149. The van der Waals surface area contributed by atoms with E-state index in [0.29, 0.717) is 5.69 Å². The van der Waals surface area contributed by atoms with Crippen LogP contribution in [0.15, 0.2) is 17.5 Å². The molecule has 0 saturated heterocycles. The molecule has 0 spiro atoms. The lowest BCUT2D eigenvalue weighted by atomic mass is 10.0. The number of carbonyl (C=O) groups is 11. The minimum atomic E-state index is -1.97. The number of aliphatic hydroxyl groups is 1. The second-order valence-corrected chi connectivity index (χ2v) is 15.2. The number of aliphatic carboxylic acids is 3. The molecule has 0 fully saturated rings. The van der Waals surface area contributed by atoms with Gasteiger partial charge in [-0.1, -0.05) is 13.8 Å². The highest BCUT2D eigenvalue weighted by Gasteiger charge is 2.34. The van der Waals surface area contributed by atoms with Crippen molar-refractivity contribution in [2.75, 3.05) is 19.7 Å². The fourth-order valence-electron chi connectivity index (χ4n) is 5.74. The summed E-state index contributed by atoms with van der Waals surface area (Å²) in [5, 5.41) is 53.6. The highest BCUT2D eigenvalue weighted by atomic mass is 16.4. The number of aliphatic imine (C=N–C) groups is 1. The number of carboxylic acid groups (broad SMARTS) is 3. The number of hydrogen-bond acceptors (Lipinski definition) is 15. The van der Waals surface area contributed by atoms with Gasteiger partial charge in [0, 0.05) is 37.7 Å². The van der Waals surface area contributed by atoms with Gasteiger partial charge < -0.3 is 85.6 Å². The number of imidazole rings is 1. The Morgan fingerprint density at radius 1 is 0.682 bits per heavy atom. The molecule has 0 saturated carbocycles. The molecule has 29 nitrogen and oxygen atoms in total. The minimum Gasteiger partial charge on any atom is -0.481 e. The maximum atomic E-state index is 13.9. The van der Waals surface area contributed by atoms with Gasteiger partial charge in [0.1, 0.15) is 36.3 Å². The molecule has 0 radical (unpaired) electrons. The lowest BCUT2D eigenvalue weighted by molar-refractivity contribution is -0.143. The first-order valence-corrected chi connectivity index (χ1v) is 20.4. The van der Waals surface area contributed by atoms with E-state index < -0.39 is 140 Å². The molecule has 7 atom stereocenters. The largest absolute Gasteiger partial charge is 0.481 e. The predicted molar refractivity (Wildman–Crippen MR) is 226 cm³/mol. The summed E-state index contributed by atoms with van der Waals surface area (Å²) in [6.07, 6.45) is -0.676. The van der Waals surface area contributed by atoms with Crippen LogP contribution in [0.1, 0.15) is 70.9 Å². The van der Waals surface area contributed by atoms with E-state index in [1.807, 2.05) is 0 Å². The fraction of sp³-hybridized carbons (Fsp3) is 0.595. The average molecular weight is 941 g/mol. The summed E-state index contributed by atoms with van der Waals surface area (Å²) in [5.74, 6) is -13.3. The van der Waals surface area contributed by atoms with Crippen LogP contribution in [0.4, 0.5) is 0 Å². The van der Waals surface area contributed by atoms with Crippen molar-refractivity contribution < 1.29 is 73.2 Å². The maximum absolute atomic E-state index is 13.9. The topological polar surface area (TPSA) is 498 Å². The number of aromatic amines is 1. The molecule has 0 bridgehead atoms. The zero-order valence-electron chi connectivity index (χ0n) is 36.2. The molecule has 29 heteroatoms. The van der Waals surface area contributed by atoms with Crippen molar-refractivity contribution in [3.8, 4) is 0 Å². The second kappa shape index (κ2) is 29.1. The van der Waals surface area contributed by atoms with Crippen LogP contribution in [0.2, 0.25) is 0 Å². The molecule has 0 aromatic carbocycles. The number of rotatable bonds is 32. The standard InChI is InChI=1S/C37H60N14O15/c1-17(2)10-24(36(65)66)51-35(64)25(15-52)46-27(54)14-44-31(60)23(12-29(57)58)50-33(62)21(6-8-28(55)56)48-32(61)20(4-3-9-43-37(40)41)47-34(63)22(11-18-13-42-16-45-18)49-30(59)19(38)5-7-26(39)53/h13,16-17,19-25,52H,3-12,14-15,38H2,1-2H3,(H2,39,53)(H,42,45)(H,44,60)(H,46,54)(H,47,63)(H,48,61)(H,49,59)(H,50,62)(H,51,64)(H,55,56)(H,57,58)(H,65,66)(H4,40,41,43)/t19-,20-,21-,22-,23-,24-,25-/m0/s1. The van der Waals surface area contributed by atoms with Gasteiger partial charge in [0.15, 0.2) is 5.96 Å². The molecule has 20 N–H and O–H groups in total. The average Bonchev–Trinajstić information content (AvgIpc) is 3.75. The van der Waals surface area contributed by atoms with Crippen molar-refractivity contribution in [2.45, 2.75) is 114 Å². The van der Waals surface area contributed by atoms with E-state index in [2.05, 4.69) is 52.2 Å². The molecule has 0 aliphatic heterocycles. The Hall–Kier alpha value is -7.43. The van der Waals surface area contributed by atoms with Crippen molar-refractivity contribution in [2.24, 2.45) is 33.8 Å². The number of aromatic nitrogens is 2. The zero-order valence-corrected chi connectivity index (χ0v) is 36.2. The van der Waals surface area contributed by atoms with Crippen LogP contribution in [-0.4, -0.2) is 164 Å². The Morgan fingerprint density at radius 3 is 1.76 bits per heavy atom. The van der Waals surface area contributed by atoms with Crippen molar-refractivity contribution in [1.82, 2.24) is 47.2 Å². The number of nitrogens with one attached hydrogen (secondary N) is 8. The van der Waals surface area contributed by atoms with Crippen LogP contribution in [0.25, 0.3) is 0 Å². The fourth-order valence-corrected chi connectivity index (χ4v) is 5.74. The van der Waals surface area contributed by atoms with E-state index in [4.69, 9.17) is 22.9 Å². The molecular weight excluding hydrogens is 880 g/mol. The quantitative estimate of drug-likeness (QED) is 0.0181. The molecule has 1 heterocycles. The number of nitrogens with zero attached hydrogens (tertiary/aromatic N) is 2. The van der Waals surface area contributed by atoms with Gasteiger partial charge in [0.25, 0.3) is 0 Å². The summed E-state index contributed by atoms with van der Waals surface area (Å²) in [6.45, 7) is 1.40. The monoisotopic (exact) mass is 940 g/mol. The Kier molecular flexibility index (Phi) is 24.9. The Bertz CT molecular complexity index is 1890. The van der Waals surface area contributed by atoms with Gasteiger partial charge in [0.05, 0.1) is 31.9 Å². The normalized spacial score (nSPS) is 14.0. The Labute approximate surface area is 376 Å². The first-order valence-electron chi connectivity index (χ1n) is 20.4. The van der Waals surface area contributed by atoms with Crippen LogP contribution in [0, 0.1) is 5.92 Å². The number of carboxylic acids is 3. The lowest BCUT2D eigenvalue weighted by Gasteiger charge is -2.26.